The molecule has 1 aromatic rings. The molecule has 1 heterocycles. The van der Waals surface area contributed by atoms with Gasteiger partial charge in [-0.3, -0.25) is 9.59 Å². The van der Waals surface area contributed by atoms with Crippen LogP contribution in [-0.4, -0.2) is 23.7 Å². The molecule has 0 atom stereocenters. The zero-order chi connectivity index (χ0) is 13.7. The molecule has 0 saturated heterocycles. The standard InChI is InChI=1S/C14H16O5/c15-13(16)3-1-2-8-18-11-5-6-12-10(9-11)4-7-14(17)19-12/h5-6,9H,1-4,7-8H2,(H,15,16). The summed E-state index contributed by atoms with van der Waals surface area (Å²) in [5.74, 6) is 0.354. The normalized spacial score (nSPS) is 13.6. The molecule has 1 aliphatic rings. The van der Waals surface area contributed by atoms with Gasteiger partial charge in [-0.15, -0.1) is 0 Å². The van der Waals surface area contributed by atoms with Crippen LogP contribution in [0.15, 0.2) is 18.2 Å². The lowest BCUT2D eigenvalue weighted by Crippen LogP contribution is -2.15. The summed E-state index contributed by atoms with van der Waals surface area (Å²) < 4.78 is 10.6. The van der Waals surface area contributed by atoms with E-state index in [1.54, 1.807) is 12.1 Å². The number of unbranched alkanes of at least 4 members (excludes halogenated alkanes) is 1. The summed E-state index contributed by atoms with van der Waals surface area (Å²) in [6.45, 7) is 0.492. The Morgan fingerprint density at radius 1 is 1.32 bits per heavy atom. The van der Waals surface area contributed by atoms with Gasteiger partial charge in [0.05, 0.1) is 13.0 Å². The van der Waals surface area contributed by atoms with Crippen LogP contribution in [0.1, 0.15) is 31.2 Å². The van der Waals surface area contributed by atoms with E-state index >= 15 is 0 Å². The van der Waals surface area contributed by atoms with E-state index in [4.69, 9.17) is 14.6 Å². The highest BCUT2D eigenvalue weighted by Gasteiger charge is 2.17. The van der Waals surface area contributed by atoms with Crippen LogP contribution in [0.5, 0.6) is 11.5 Å². The Morgan fingerprint density at radius 3 is 2.95 bits per heavy atom. The van der Waals surface area contributed by atoms with Crippen molar-refractivity contribution in [3.05, 3.63) is 23.8 Å². The van der Waals surface area contributed by atoms with Crippen molar-refractivity contribution in [1.82, 2.24) is 0 Å². The maximum absolute atomic E-state index is 11.1. The smallest absolute Gasteiger partial charge is 0.311 e. The third kappa shape index (κ3) is 3.98. The van der Waals surface area contributed by atoms with Crippen LogP contribution in [0, 0.1) is 0 Å². The molecule has 0 aromatic heterocycles. The Morgan fingerprint density at radius 2 is 2.16 bits per heavy atom. The minimum absolute atomic E-state index is 0.170. The highest BCUT2D eigenvalue weighted by atomic mass is 16.5. The van der Waals surface area contributed by atoms with Crippen molar-refractivity contribution < 1.29 is 24.2 Å². The van der Waals surface area contributed by atoms with Crippen LogP contribution in [0.2, 0.25) is 0 Å². The number of fused-ring (bicyclic) bond motifs is 1. The average Bonchev–Trinajstić information content (AvgIpc) is 2.38. The van der Waals surface area contributed by atoms with Crippen LogP contribution in [0.4, 0.5) is 0 Å². The predicted octanol–water partition coefficient (Wildman–Crippen LogP) is 2.17. The molecule has 0 amide bonds. The van der Waals surface area contributed by atoms with Gasteiger partial charge in [0.1, 0.15) is 11.5 Å². The number of benzene rings is 1. The van der Waals surface area contributed by atoms with Crippen LogP contribution >= 0.6 is 0 Å². The number of esters is 1. The fourth-order valence-electron chi connectivity index (χ4n) is 1.92. The molecular weight excluding hydrogens is 248 g/mol. The summed E-state index contributed by atoms with van der Waals surface area (Å²) in [7, 11) is 0. The van der Waals surface area contributed by atoms with Gasteiger partial charge >= 0.3 is 11.9 Å². The van der Waals surface area contributed by atoms with E-state index in [0.717, 1.165) is 11.3 Å². The highest BCUT2D eigenvalue weighted by molar-refractivity contribution is 5.75. The molecule has 5 nitrogen and oxygen atoms in total. The maximum Gasteiger partial charge on any atom is 0.311 e. The third-order valence-electron chi connectivity index (χ3n) is 2.91. The van der Waals surface area contributed by atoms with Gasteiger partial charge in [0.25, 0.3) is 0 Å². The molecule has 0 radical (unpaired) electrons. The van der Waals surface area contributed by atoms with E-state index in [0.29, 0.717) is 38.0 Å². The zero-order valence-electron chi connectivity index (χ0n) is 10.6. The van der Waals surface area contributed by atoms with Gasteiger partial charge in [-0.05, 0) is 43.0 Å². The summed E-state index contributed by atoms with van der Waals surface area (Å²) in [5, 5.41) is 8.50. The van der Waals surface area contributed by atoms with Crippen molar-refractivity contribution in [3.63, 3.8) is 0 Å². The van der Waals surface area contributed by atoms with Crippen molar-refractivity contribution in [2.45, 2.75) is 32.1 Å². The quantitative estimate of drug-likeness (QED) is 0.484. The van der Waals surface area contributed by atoms with Crippen molar-refractivity contribution >= 4 is 11.9 Å². The number of aryl methyl sites for hydroxylation is 1. The molecule has 19 heavy (non-hydrogen) atoms. The van der Waals surface area contributed by atoms with Gasteiger partial charge in [0.2, 0.25) is 0 Å². The topological polar surface area (TPSA) is 72.8 Å². The summed E-state index contributed by atoms with van der Waals surface area (Å²) in [5.41, 5.74) is 0.975. The molecule has 1 N–H and O–H groups in total. The predicted molar refractivity (Wildman–Crippen MR) is 67.4 cm³/mol. The van der Waals surface area contributed by atoms with E-state index < -0.39 is 5.97 Å². The van der Waals surface area contributed by atoms with E-state index in [-0.39, 0.29) is 12.4 Å². The zero-order valence-corrected chi connectivity index (χ0v) is 10.6. The molecule has 0 spiro atoms. The first-order valence-corrected chi connectivity index (χ1v) is 6.33. The Balaban J connectivity index is 1.82. The number of carboxylic acids is 1. The van der Waals surface area contributed by atoms with Crippen molar-refractivity contribution in [3.8, 4) is 11.5 Å². The van der Waals surface area contributed by atoms with Crippen molar-refractivity contribution in [1.29, 1.82) is 0 Å². The Hall–Kier alpha value is -2.04. The van der Waals surface area contributed by atoms with Gasteiger partial charge < -0.3 is 14.6 Å². The van der Waals surface area contributed by atoms with Gasteiger partial charge in [0, 0.05) is 6.42 Å². The van der Waals surface area contributed by atoms with E-state index in [1.807, 2.05) is 6.07 Å². The van der Waals surface area contributed by atoms with Gasteiger partial charge in [-0.1, -0.05) is 0 Å². The minimum atomic E-state index is -0.782. The molecule has 0 fully saturated rings. The SMILES string of the molecule is O=C(O)CCCCOc1ccc2c(c1)CCC(=O)O2. The number of ether oxygens (including phenoxy) is 2. The number of carboxylic acid groups (broad SMARTS) is 1. The number of hydrogen-bond donors (Lipinski definition) is 1. The largest absolute Gasteiger partial charge is 0.494 e. The number of carbonyl (C=O) groups excluding carboxylic acids is 1. The van der Waals surface area contributed by atoms with Crippen LogP contribution in [0.25, 0.3) is 0 Å². The van der Waals surface area contributed by atoms with E-state index in [9.17, 15) is 9.59 Å². The number of rotatable bonds is 6. The third-order valence-corrected chi connectivity index (χ3v) is 2.91. The molecule has 102 valence electrons. The van der Waals surface area contributed by atoms with Crippen LogP contribution in [-0.2, 0) is 16.0 Å². The molecule has 0 aliphatic carbocycles. The Kier molecular flexibility index (Phi) is 4.39. The highest BCUT2D eigenvalue weighted by Crippen LogP contribution is 2.29. The lowest BCUT2D eigenvalue weighted by atomic mass is 10.1. The second-order valence-electron chi connectivity index (χ2n) is 4.44. The number of carbonyl (C=O) groups is 2. The average molecular weight is 264 g/mol. The van der Waals surface area contributed by atoms with Crippen molar-refractivity contribution in [2.24, 2.45) is 0 Å². The Labute approximate surface area is 111 Å². The molecule has 0 bridgehead atoms. The van der Waals surface area contributed by atoms with Gasteiger partial charge in [0.15, 0.2) is 0 Å². The summed E-state index contributed by atoms with van der Waals surface area (Å²) >= 11 is 0. The molecule has 1 aliphatic heterocycles. The Bertz CT molecular complexity index is 481. The first-order chi connectivity index (χ1) is 9.15. The fraction of sp³-hybridized carbons (Fsp3) is 0.429. The number of hydrogen-bond acceptors (Lipinski definition) is 4. The van der Waals surface area contributed by atoms with Crippen molar-refractivity contribution in [2.75, 3.05) is 6.61 Å². The fourth-order valence-corrected chi connectivity index (χ4v) is 1.92. The lowest BCUT2D eigenvalue weighted by Gasteiger charge is -2.16. The van der Waals surface area contributed by atoms with Crippen LogP contribution in [0.3, 0.4) is 0 Å². The maximum atomic E-state index is 11.1. The monoisotopic (exact) mass is 264 g/mol. The van der Waals surface area contributed by atoms with E-state index in [2.05, 4.69) is 0 Å². The second kappa shape index (κ2) is 6.22. The molecule has 5 heteroatoms. The summed E-state index contributed by atoms with van der Waals surface area (Å²) in [6.07, 6.45) is 2.55. The molecule has 0 unspecified atom stereocenters. The van der Waals surface area contributed by atoms with Gasteiger partial charge in [-0.25, -0.2) is 0 Å². The summed E-state index contributed by atoms with van der Waals surface area (Å²) in [4.78, 5) is 21.4. The molecule has 0 saturated carbocycles. The number of aliphatic carboxylic acids is 1. The summed E-state index contributed by atoms with van der Waals surface area (Å²) in [6, 6.07) is 5.37. The minimum Gasteiger partial charge on any atom is -0.494 e. The lowest BCUT2D eigenvalue weighted by molar-refractivity contribution is -0.137. The van der Waals surface area contributed by atoms with Crippen LogP contribution < -0.4 is 9.47 Å². The van der Waals surface area contributed by atoms with E-state index in [1.165, 1.54) is 0 Å². The molecule has 1 aromatic carbocycles. The molecule has 2 rings (SSSR count). The second-order valence-corrected chi connectivity index (χ2v) is 4.44. The molecular formula is C14H16O5. The first-order valence-electron chi connectivity index (χ1n) is 6.33. The van der Waals surface area contributed by atoms with Gasteiger partial charge in [-0.2, -0.15) is 0 Å². The first kappa shape index (κ1) is 13.4.